The average molecular weight is 1690 g/mol. The van der Waals surface area contributed by atoms with Crippen LogP contribution < -0.4 is 19.6 Å². The lowest BCUT2D eigenvalue weighted by Gasteiger charge is -2.32. The number of hydrogen-bond donors (Lipinski definition) is 0. The normalized spacial score (nSPS) is 13.2. The van der Waals surface area contributed by atoms with Gasteiger partial charge in [-0.2, -0.15) is 0 Å². The van der Waals surface area contributed by atoms with Gasteiger partial charge in [-0.25, -0.2) is 0 Å². The van der Waals surface area contributed by atoms with Crippen LogP contribution in [0.15, 0.2) is 352 Å². The second-order valence-corrected chi connectivity index (χ2v) is 21.2. The third-order valence-corrected chi connectivity index (χ3v) is 16.2. The monoisotopic (exact) mass is 1690 g/mol. The van der Waals surface area contributed by atoms with Crippen LogP contribution >= 0.6 is 0 Å². The van der Waals surface area contributed by atoms with E-state index in [1.54, 1.807) is 0 Å². The van der Waals surface area contributed by atoms with Gasteiger partial charge in [0.05, 0.1) is 12.1 Å². The molecule has 6 aliphatic rings. The Labute approximate surface area is 773 Å². The molecule has 14 rings (SSSR count). The molecule has 0 N–H and O–H groups in total. The van der Waals surface area contributed by atoms with Crippen molar-refractivity contribution in [2.75, 3.05) is 19.6 Å². The number of para-hydroxylation sites is 6. The summed E-state index contributed by atoms with van der Waals surface area (Å²) in [6.45, 7) is 95.5. The molecular formula is C120H192N4. The van der Waals surface area contributed by atoms with Crippen LogP contribution in [0.25, 0.3) is 12.2 Å². The van der Waals surface area contributed by atoms with E-state index in [1.807, 2.05) is 313 Å². The first-order valence-electron chi connectivity index (χ1n) is 49.3. The molecule has 124 heavy (non-hydrogen) atoms. The van der Waals surface area contributed by atoms with Gasteiger partial charge >= 0.3 is 0 Å². The van der Waals surface area contributed by atoms with Crippen molar-refractivity contribution in [1.29, 1.82) is 0 Å². The highest BCUT2D eigenvalue weighted by Crippen LogP contribution is 2.49. The third kappa shape index (κ3) is 47.6. The van der Waals surface area contributed by atoms with Gasteiger partial charge in [0.25, 0.3) is 0 Å². The second-order valence-electron chi connectivity index (χ2n) is 21.2. The maximum absolute atomic E-state index is 3.88. The van der Waals surface area contributed by atoms with Crippen molar-refractivity contribution in [1.82, 2.24) is 0 Å². The summed E-state index contributed by atoms with van der Waals surface area (Å²) in [5.74, 6) is 0.926. The molecule has 0 radical (unpaired) electrons. The molecule has 4 unspecified atom stereocenters. The first-order chi connectivity index (χ1) is 61.5. The highest BCUT2D eigenvalue weighted by atomic mass is 15.2. The largest absolute Gasteiger partial charge is 0.337 e. The molecule has 4 nitrogen and oxygen atoms in total. The fraction of sp³-hybridized carbons (Fsp3) is 0.400. The number of allylic oxidation sites excluding steroid dienone is 14. The second kappa shape index (κ2) is 102. The van der Waals surface area contributed by atoms with Crippen molar-refractivity contribution in [3.63, 3.8) is 0 Å². The van der Waals surface area contributed by atoms with Gasteiger partial charge in [0.15, 0.2) is 0 Å². The SMILES string of the molecule is C=CC1=CC=C(N(c2ccccc2)c2ccccc2)CC1.C=CC1=CC=C(N2c3ccccc3C3C=CC=CC32)CC1.C=Cc1cccc(N(c2ccccc2)c2ccccc2)c1.C=Cc1cccc(N2c3ccccc3C3C=CC=CC32)c1.CC.CC.CC.CC.CC.CC.CC.CC.CC.CC.CC.CC.CC.CC.CC.CC.CC.CC.CC.CC. The van der Waals surface area contributed by atoms with Crippen LogP contribution in [0, 0.1) is 0 Å². The van der Waals surface area contributed by atoms with Crippen LogP contribution in [-0.4, -0.2) is 12.1 Å². The summed E-state index contributed by atoms with van der Waals surface area (Å²) in [4.78, 5) is 9.53. The lowest BCUT2D eigenvalue weighted by molar-refractivity contribution is 0.698. The smallest absolute Gasteiger partial charge is 0.0629 e. The van der Waals surface area contributed by atoms with Crippen LogP contribution in [-0.2, 0) is 0 Å². The van der Waals surface area contributed by atoms with E-state index in [4.69, 9.17) is 0 Å². The summed E-state index contributed by atoms with van der Waals surface area (Å²) >= 11 is 0. The highest BCUT2D eigenvalue weighted by molar-refractivity contribution is 5.79. The van der Waals surface area contributed by atoms with Gasteiger partial charge in [-0.15, -0.1) is 0 Å². The molecule has 8 aromatic rings. The summed E-state index contributed by atoms with van der Waals surface area (Å²) in [6.07, 6.45) is 38.7. The minimum absolute atomic E-state index is 0.368. The number of hydrogen-bond acceptors (Lipinski definition) is 4. The number of anilines is 8. The van der Waals surface area contributed by atoms with Gasteiger partial charge in [-0.05, 0) is 156 Å². The van der Waals surface area contributed by atoms with Gasteiger partial charge in [0.2, 0.25) is 0 Å². The quantitative estimate of drug-likeness (QED) is 0.121. The van der Waals surface area contributed by atoms with E-state index in [-0.39, 0.29) is 0 Å². The van der Waals surface area contributed by atoms with Crippen molar-refractivity contribution < 1.29 is 0 Å². The molecule has 692 valence electrons. The molecule has 4 heteroatoms. The van der Waals surface area contributed by atoms with Gasteiger partial charge in [0.1, 0.15) is 0 Å². The molecule has 0 saturated carbocycles. The zero-order valence-electron chi connectivity index (χ0n) is 87.8. The van der Waals surface area contributed by atoms with Crippen LogP contribution in [0.2, 0.25) is 0 Å². The first kappa shape index (κ1) is 134. The van der Waals surface area contributed by atoms with Crippen molar-refractivity contribution in [2.24, 2.45) is 0 Å². The average Bonchev–Trinajstić information content (AvgIpc) is 1.65. The topological polar surface area (TPSA) is 13.0 Å². The molecule has 0 saturated heterocycles. The fourth-order valence-corrected chi connectivity index (χ4v) is 12.1. The lowest BCUT2D eigenvalue weighted by atomic mass is 9.91. The molecule has 4 aliphatic carbocycles. The summed E-state index contributed by atoms with van der Waals surface area (Å²) < 4.78 is 0. The Morgan fingerprint density at radius 1 is 0.250 bits per heavy atom. The number of nitrogens with zero attached hydrogens (tertiary/aromatic N) is 4. The van der Waals surface area contributed by atoms with Crippen molar-refractivity contribution >= 4 is 57.7 Å². The van der Waals surface area contributed by atoms with E-state index >= 15 is 0 Å². The molecule has 0 amide bonds. The van der Waals surface area contributed by atoms with Crippen LogP contribution in [0.3, 0.4) is 0 Å². The van der Waals surface area contributed by atoms with Gasteiger partial charge < -0.3 is 19.6 Å². The Morgan fingerprint density at radius 3 is 0.871 bits per heavy atom. The van der Waals surface area contributed by atoms with Crippen molar-refractivity contribution in [2.45, 2.75) is 327 Å². The Balaban J connectivity index is -0.000000153. The van der Waals surface area contributed by atoms with Gasteiger partial charge in [-0.1, -0.05) is 522 Å². The van der Waals surface area contributed by atoms with Crippen LogP contribution in [0.4, 0.5) is 45.5 Å². The third-order valence-electron chi connectivity index (χ3n) is 16.2. The maximum Gasteiger partial charge on any atom is 0.0629 e. The number of rotatable bonds is 12. The van der Waals surface area contributed by atoms with E-state index in [1.165, 1.54) is 62.1 Å². The Kier molecular flexibility index (Phi) is 110. The predicted octanol–water partition coefficient (Wildman–Crippen LogP) is 41.9. The summed E-state index contributed by atoms with van der Waals surface area (Å²) in [7, 11) is 0. The predicted molar refractivity (Wildman–Crippen MR) is 588 cm³/mol. The minimum Gasteiger partial charge on any atom is -0.337 e. The van der Waals surface area contributed by atoms with E-state index in [0.717, 1.165) is 53.9 Å². The Hall–Kier alpha value is -10.2. The summed E-state index contributed by atoms with van der Waals surface area (Å²) in [6, 6.07) is 77.1. The van der Waals surface area contributed by atoms with Gasteiger partial charge in [0, 0.05) is 68.7 Å². The van der Waals surface area contributed by atoms with E-state index in [9.17, 15) is 0 Å². The fourth-order valence-electron chi connectivity index (χ4n) is 12.1. The molecule has 0 aromatic heterocycles. The maximum atomic E-state index is 3.88. The Bertz CT molecular complexity index is 3780. The van der Waals surface area contributed by atoms with Crippen molar-refractivity contribution in [3.05, 3.63) is 375 Å². The van der Waals surface area contributed by atoms with Crippen LogP contribution in [0.5, 0.6) is 0 Å². The lowest BCUT2D eigenvalue weighted by Crippen LogP contribution is -2.32. The zero-order chi connectivity index (χ0) is 97.5. The zero-order valence-corrected chi connectivity index (χ0v) is 87.8. The first-order valence-corrected chi connectivity index (χ1v) is 49.3. The summed E-state index contributed by atoms with van der Waals surface area (Å²) in [5, 5.41) is 0. The molecule has 2 aliphatic heterocycles. The van der Waals surface area contributed by atoms with Crippen LogP contribution in [0.1, 0.15) is 337 Å². The minimum atomic E-state index is 0.368. The van der Waals surface area contributed by atoms with Gasteiger partial charge in [-0.3, -0.25) is 0 Å². The molecule has 4 atom stereocenters. The Morgan fingerprint density at radius 2 is 0.540 bits per heavy atom. The molecule has 0 fully saturated rings. The molecular weight excluding hydrogens is 1500 g/mol. The standard InChI is InChI=1S/C20H17N.C20H19N.C20H17N.C20H19N.20C2H6/c1-2-15-8-7-9-16(14-15)21-19-12-5-3-10-17(19)18-11-4-6-13-20(18)21;1-2-15-11-13-16(14-12-15)21-19-9-5-3-7-17(19)18-8-4-6-10-20(18)21;1-2-17-10-9-15-20(16-17)21(18-11-5-3-6-12-18)19-13-7-4-8-14-19;1-2-17-13-15-20(16-14-17)21(18-9-5-3-6-10-18)19-11-7-4-8-12-19;20*1-2/h2-14,17,19H,1H2;2-11,13,17,19H,1,12,14H2;2-16H,1H2;2-13,15H,1,14,16H2;20*1-2H3. The number of benzene rings is 8. The summed E-state index contributed by atoms with van der Waals surface area (Å²) in [5.41, 5.74) is 20.2. The molecule has 0 spiro atoms. The highest BCUT2D eigenvalue weighted by Gasteiger charge is 2.39. The van der Waals surface area contributed by atoms with Crippen molar-refractivity contribution in [3.8, 4) is 0 Å². The molecule has 8 aromatic carbocycles. The van der Waals surface area contributed by atoms with E-state index in [2.05, 4.69) is 325 Å². The molecule has 2 heterocycles. The molecule has 0 bridgehead atoms. The number of fused-ring (bicyclic) bond motifs is 6. The van der Waals surface area contributed by atoms with E-state index < -0.39 is 0 Å². The van der Waals surface area contributed by atoms with E-state index in [0.29, 0.717) is 23.9 Å².